The van der Waals surface area contributed by atoms with E-state index < -0.39 is 18.0 Å². The number of rotatable bonds is 12. The summed E-state index contributed by atoms with van der Waals surface area (Å²) in [5.74, 6) is -0.0415. The number of allylic oxidation sites excluding steroid dienone is 1. The Morgan fingerprint density at radius 2 is 1.73 bits per heavy atom. The van der Waals surface area contributed by atoms with Crippen LogP contribution in [0.1, 0.15) is 31.0 Å². The van der Waals surface area contributed by atoms with Crippen LogP contribution in [0.2, 0.25) is 0 Å². The highest BCUT2D eigenvalue weighted by Crippen LogP contribution is 2.36. The number of esters is 2. The summed E-state index contributed by atoms with van der Waals surface area (Å²) in [7, 11) is 1.44. The first-order valence-corrected chi connectivity index (χ1v) is 16.7. The molecule has 1 atom stereocenters. The first kappa shape index (κ1) is 34.6. The molecule has 0 fully saturated rings. The molecule has 1 aliphatic rings. The SMILES string of the molecule is C=CCOC(=O)C1=C(C)N=c2s/c(=C\c3cn(-c4ccccc4)nc3-c3ccc(OCC=C)cc3)c(=O)n2C1c1ccc(OC(C)=O)c(OC)c1. The fraction of sp³-hybridized carbons (Fsp3) is 0.154. The van der Waals surface area contributed by atoms with E-state index in [-0.39, 0.29) is 29.2 Å². The van der Waals surface area contributed by atoms with E-state index in [0.717, 1.165) is 11.3 Å². The van der Waals surface area contributed by atoms with Crippen molar-refractivity contribution in [3.8, 4) is 34.2 Å². The Kier molecular flexibility index (Phi) is 10.2. The Morgan fingerprint density at radius 1 is 0.980 bits per heavy atom. The lowest BCUT2D eigenvalue weighted by Crippen LogP contribution is -2.40. The summed E-state index contributed by atoms with van der Waals surface area (Å²) in [6, 6.07) is 21.1. The topological polar surface area (TPSA) is 123 Å². The molecule has 0 saturated heterocycles. The van der Waals surface area contributed by atoms with Crippen molar-refractivity contribution in [3.05, 3.63) is 146 Å². The minimum Gasteiger partial charge on any atom is -0.493 e. The molecule has 5 aromatic rings. The molecule has 0 saturated carbocycles. The van der Waals surface area contributed by atoms with Crippen molar-refractivity contribution < 1.29 is 28.5 Å². The molecule has 12 heteroatoms. The summed E-state index contributed by atoms with van der Waals surface area (Å²) in [5.41, 5.74) is 3.70. The maximum Gasteiger partial charge on any atom is 0.338 e. The van der Waals surface area contributed by atoms with E-state index >= 15 is 0 Å². The highest BCUT2D eigenvalue weighted by molar-refractivity contribution is 7.07. The molecule has 0 bridgehead atoms. The third-order valence-electron chi connectivity index (χ3n) is 7.88. The summed E-state index contributed by atoms with van der Waals surface area (Å²) < 4.78 is 25.6. The zero-order chi connectivity index (χ0) is 36.1. The molecule has 6 rings (SSSR count). The Hall–Kier alpha value is -6.27. The first-order chi connectivity index (χ1) is 24.7. The molecule has 3 aromatic carbocycles. The third-order valence-corrected chi connectivity index (χ3v) is 8.86. The molecular weight excluding hydrogens is 669 g/mol. The second-order valence-corrected chi connectivity index (χ2v) is 12.3. The molecule has 0 radical (unpaired) electrons. The van der Waals surface area contributed by atoms with Gasteiger partial charge in [0.25, 0.3) is 5.56 Å². The van der Waals surface area contributed by atoms with Gasteiger partial charge in [-0.05, 0) is 67.1 Å². The number of carbonyl (C=O) groups excluding carboxylic acids is 2. The maximum atomic E-state index is 14.5. The number of nitrogens with zero attached hydrogens (tertiary/aromatic N) is 4. The van der Waals surface area contributed by atoms with Gasteiger partial charge in [0.1, 0.15) is 24.7 Å². The number of hydrogen-bond acceptors (Lipinski definition) is 10. The summed E-state index contributed by atoms with van der Waals surface area (Å²) in [5, 5.41) is 4.91. The van der Waals surface area contributed by atoms with Crippen LogP contribution in [-0.2, 0) is 14.3 Å². The number of benzene rings is 3. The van der Waals surface area contributed by atoms with Crippen LogP contribution in [-0.4, -0.2) is 46.6 Å². The van der Waals surface area contributed by atoms with Gasteiger partial charge >= 0.3 is 11.9 Å². The summed E-state index contributed by atoms with van der Waals surface area (Å²) >= 11 is 1.19. The van der Waals surface area contributed by atoms with Gasteiger partial charge in [-0.15, -0.1) is 0 Å². The second-order valence-electron chi connectivity index (χ2n) is 11.3. The number of aromatic nitrogens is 3. The Labute approximate surface area is 297 Å². The minimum absolute atomic E-state index is 0.0307. The van der Waals surface area contributed by atoms with Crippen LogP contribution in [0.3, 0.4) is 0 Å². The van der Waals surface area contributed by atoms with Crippen molar-refractivity contribution in [1.82, 2.24) is 14.3 Å². The van der Waals surface area contributed by atoms with Crippen molar-refractivity contribution in [2.75, 3.05) is 20.3 Å². The van der Waals surface area contributed by atoms with Crippen LogP contribution in [0.4, 0.5) is 0 Å². The average molecular weight is 703 g/mol. The molecule has 2 aromatic heterocycles. The van der Waals surface area contributed by atoms with E-state index in [9.17, 15) is 14.4 Å². The fourth-order valence-electron chi connectivity index (χ4n) is 5.64. The highest BCUT2D eigenvalue weighted by atomic mass is 32.1. The zero-order valence-electron chi connectivity index (χ0n) is 28.2. The largest absolute Gasteiger partial charge is 0.493 e. The lowest BCUT2D eigenvalue weighted by molar-refractivity contribution is -0.138. The number of thiazole rings is 1. The molecule has 0 spiro atoms. The van der Waals surface area contributed by atoms with E-state index in [1.807, 2.05) is 60.8 Å². The molecule has 258 valence electrons. The van der Waals surface area contributed by atoms with Gasteiger partial charge in [0.2, 0.25) is 0 Å². The molecule has 0 amide bonds. The zero-order valence-corrected chi connectivity index (χ0v) is 29.0. The van der Waals surface area contributed by atoms with Crippen LogP contribution in [0.15, 0.2) is 125 Å². The van der Waals surface area contributed by atoms with Crippen molar-refractivity contribution >= 4 is 29.4 Å². The van der Waals surface area contributed by atoms with E-state index in [0.29, 0.717) is 44.2 Å². The molecule has 3 heterocycles. The van der Waals surface area contributed by atoms with Crippen LogP contribution in [0.25, 0.3) is 23.0 Å². The van der Waals surface area contributed by atoms with Crippen LogP contribution in [0, 0.1) is 0 Å². The number of hydrogen-bond donors (Lipinski definition) is 0. The van der Waals surface area contributed by atoms with E-state index in [1.54, 1.807) is 42.0 Å². The van der Waals surface area contributed by atoms with Crippen molar-refractivity contribution in [2.24, 2.45) is 4.99 Å². The van der Waals surface area contributed by atoms with Crippen molar-refractivity contribution in [1.29, 1.82) is 0 Å². The maximum absolute atomic E-state index is 14.5. The first-order valence-electron chi connectivity index (χ1n) is 15.9. The van der Waals surface area contributed by atoms with E-state index in [1.165, 1.54) is 36.0 Å². The Balaban J connectivity index is 1.53. The van der Waals surface area contributed by atoms with Gasteiger partial charge in [-0.2, -0.15) is 5.10 Å². The molecule has 0 aliphatic carbocycles. The predicted octanol–water partition coefficient (Wildman–Crippen LogP) is 5.32. The van der Waals surface area contributed by atoms with Gasteiger partial charge in [0, 0.05) is 24.2 Å². The van der Waals surface area contributed by atoms with Crippen LogP contribution in [0.5, 0.6) is 17.2 Å². The van der Waals surface area contributed by atoms with Gasteiger partial charge in [0.15, 0.2) is 16.3 Å². The van der Waals surface area contributed by atoms with Gasteiger partial charge in [-0.1, -0.05) is 60.9 Å². The summed E-state index contributed by atoms with van der Waals surface area (Å²) in [6.45, 7) is 10.7. The minimum atomic E-state index is -0.935. The molecular formula is C39H34N4O7S. The van der Waals surface area contributed by atoms with Gasteiger partial charge < -0.3 is 18.9 Å². The lowest BCUT2D eigenvalue weighted by atomic mass is 9.95. The third kappa shape index (κ3) is 7.22. The normalized spacial score (nSPS) is 13.9. The molecule has 1 unspecified atom stereocenters. The highest BCUT2D eigenvalue weighted by Gasteiger charge is 2.34. The number of fused-ring (bicyclic) bond motifs is 1. The number of carbonyl (C=O) groups is 2. The Morgan fingerprint density at radius 3 is 2.41 bits per heavy atom. The van der Waals surface area contributed by atoms with E-state index in [2.05, 4.69) is 13.2 Å². The van der Waals surface area contributed by atoms with Crippen LogP contribution < -0.4 is 29.1 Å². The lowest BCUT2D eigenvalue weighted by Gasteiger charge is -2.25. The van der Waals surface area contributed by atoms with Gasteiger partial charge in [-0.25, -0.2) is 14.5 Å². The molecule has 11 nitrogen and oxygen atoms in total. The number of para-hydroxylation sites is 1. The van der Waals surface area contributed by atoms with Gasteiger partial charge in [0.05, 0.1) is 34.6 Å². The number of methoxy groups -OCH3 is 1. The van der Waals surface area contributed by atoms with E-state index in [4.69, 9.17) is 29.0 Å². The second kappa shape index (κ2) is 15.1. The monoisotopic (exact) mass is 702 g/mol. The standard InChI is InChI=1S/C39H34N4O7S/c1-6-19-48-30-16-13-26(14-17-30)35-28(23-42(41-35)29-11-9-8-10-12-29)22-33-37(45)43-36(27-15-18-31(50-25(4)44)32(21-27)47-5)34(38(46)49-20-7-2)24(3)40-39(43)51-33/h6-18,21-23,36H,1-2,19-20H2,3-5H3/b33-22-. The average Bonchev–Trinajstić information content (AvgIpc) is 3.69. The van der Waals surface area contributed by atoms with Crippen molar-refractivity contribution in [2.45, 2.75) is 19.9 Å². The summed E-state index contributed by atoms with van der Waals surface area (Å²) in [6.07, 6.45) is 6.79. The smallest absolute Gasteiger partial charge is 0.338 e. The van der Waals surface area contributed by atoms with Crippen LogP contribution >= 0.6 is 11.3 Å². The Bertz CT molecular complexity index is 2350. The number of ether oxygens (including phenoxy) is 4. The molecule has 1 aliphatic heterocycles. The molecule has 51 heavy (non-hydrogen) atoms. The summed E-state index contributed by atoms with van der Waals surface area (Å²) in [4.78, 5) is 44.8. The quantitative estimate of drug-likeness (QED) is 0.0974. The predicted molar refractivity (Wildman–Crippen MR) is 194 cm³/mol. The molecule has 0 N–H and O–H groups in total. The van der Waals surface area contributed by atoms with Crippen molar-refractivity contribution in [3.63, 3.8) is 0 Å². The fourth-order valence-corrected chi connectivity index (χ4v) is 6.68. The van der Waals surface area contributed by atoms with Gasteiger partial charge in [-0.3, -0.25) is 14.2 Å².